The summed E-state index contributed by atoms with van der Waals surface area (Å²) in [5, 5.41) is 10.1. The standard InChI is InChI=1S/2C7H10N2.C6H7NS/c1-3-4-7-5-8-9(2)6-7;1-3-4-7-5-6-9(2)8-7;1-2-3-6-4-8-5-7-6/h2*3-6H,1-2H3;2-5H,1H3/b2*4-3+;3-2+. The zero-order valence-corrected chi connectivity index (χ0v) is 16.9. The highest BCUT2D eigenvalue weighted by Crippen LogP contribution is 2.01. The van der Waals surface area contributed by atoms with Crippen LogP contribution in [0.3, 0.4) is 0 Å². The molecule has 0 atom stereocenters. The van der Waals surface area contributed by atoms with Gasteiger partial charge in [0.1, 0.15) is 0 Å². The van der Waals surface area contributed by atoms with Crippen molar-refractivity contribution in [1.82, 2.24) is 24.5 Å². The minimum absolute atomic E-state index is 1.01. The second-order valence-electron chi connectivity index (χ2n) is 5.27. The summed E-state index contributed by atoms with van der Waals surface area (Å²) in [5.74, 6) is 0. The molecular formula is C20H27N5S. The van der Waals surface area contributed by atoms with E-state index in [1.807, 2.05) is 107 Å². The summed E-state index contributed by atoms with van der Waals surface area (Å²) in [5.41, 5.74) is 5.05. The lowest BCUT2D eigenvalue weighted by atomic mass is 10.3. The zero-order chi connectivity index (χ0) is 19.2. The number of aryl methyl sites for hydroxylation is 2. The van der Waals surface area contributed by atoms with Crippen LogP contribution in [-0.2, 0) is 14.1 Å². The van der Waals surface area contributed by atoms with Crippen molar-refractivity contribution < 1.29 is 0 Å². The fourth-order valence-electron chi connectivity index (χ4n) is 1.89. The third-order valence-electron chi connectivity index (χ3n) is 2.94. The summed E-state index contributed by atoms with van der Waals surface area (Å²) in [4.78, 5) is 4.04. The van der Waals surface area contributed by atoms with Crippen LogP contribution in [0.4, 0.5) is 0 Å². The molecule has 3 heterocycles. The largest absolute Gasteiger partial charge is 0.275 e. The van der Waals surface area contributed by atoms with E-state index in [-0.39, 0.29) is 0 Å². The molecule has 0 fully saturated rings. The van der Waals surface area contributed by atoms with E-state index >= 15 is 0 Å². The van der Waals surface area contributed by atoms with Gasteiger partial charge in [-0.2, -0.15) is 10.2 Å². The minimum Gasteiger partial charge on any atom is -0.275 e. The van der Waals surface area contributed by atoms with Gasteiger partial charge in [0, 0.05) is 37.4 Å². The Hall–Kier alpha value is -2.73. The third-order valence-corrected chi connectivity index (χ3v) is 3.55. The molecule has 0 amide bonds. The summed E-state index contributed by atoms with van der Waals surface area (Å²) in [6, 6.07) is 1.97. The van der Waals surface area contributed by atoms with Crippen LogP contribution in [0.25, 0.3) is 18.2 Å². The van der Waals surface area contributed by atoms with Crippen molar-refractivity contribution in [2.45, 2.75) is 20.8 Å². The monoisotopic (exact) mass is 369 g/mol. The minimum atomic E-state index is 1.01. The SMILES string of the molecule is C/C=C/c1ccn(C)n1.C/C=C/c1cnn(C)c1.C/C=C/c1cscn1. The number of hydrogen-bond acceptors (Lipinski definition) is 4. The van der Waals surface area contributed by atoms with Crippen molar-refractivity contribution in [2.75, 3.05) is 0 Å². The number of aromatic nitrogens is 5. The van der Waals surface area contributed by atoms with Gasteiger partial charge in [-0.05, 0) is 39.0 Å². The molecule has 0 saturated carbocycles. The van der Waals surface area contributed by atoms with Crippen molar-refractivity contribution in [3.05, 3.63) is 70.7 Å². The molecule has 0 aromatic carbocycles. The van der Waals surface area contributed by atoms with E-state index < -0.39 is 0 Å². The van der Waals surface area contributed by atoms with Crippen molar-refractivity contribution in [3.63, 3.8) is 0 Å². The van der Waals surface area contributed by atoms with Crippen LogP contribution >= 0.6 is 11.3 Å². The first kappa shape index (κ1) is 21.3. The quantitative estimate of drug-likeness (QED) is 0.646. The Balaban J connectivity index is 0.000000195. The van der Waals surface area contributed by atoms with E-state index in [1.54, 1.807) is 20.7 Å². The van der Waals surface area contributed by atoms with Crippen LogP contribution in [0.1, 0.15) is 37.7 Å². The number of thiazole rings is 1. The van der Waals surface area contributed by atoms with Crippen molar-refractivity contribution in [2.24, 2.45) is 14.1 Å². The van der Waals surface area contributed by atoms with Gasteiger partial charge in [0.05, 0.1) is 23.1 Å². The third kappa shape index (κ3) is 8.94. The second kappa shape index (κ2) is 12.6. The van der Waals surface area contributed by atoms with Crippen LogP contribution in [0, 0.1) is 0 Å². The van der Waals surface area contributed by atoms with Crippen LogP contribution in [-0.4, -0.2) is 24.5 Å². The molecule has 138 valence electrons. The fraction of sp³-hybridized carbons (Fsp3) is 0.250. The maximum absolute atomic E-state index is 4.13. The van der Waals surface area contributed by atoms with E-state index in [0.29, 0.717) is 0 Å². The average molecular weight is 370 g/mol. The summed E-state index contributed by atoms with van der Waals surface area (Å²) in [6.07, 6.45) is 17.7. The Morgan fingerprint density at radius 1 is 0.923 bits per heavy atom. The van der Waals surface area contributed by atoms with E-state index in [2.05, 4.69) is 15.2 Å². The lowest BCUT2D eigenvalue weighted by molar-refractivity contribution is 0.764. The van der Waals surface area contributed by atoms with E-state index in [4.69, 9.17) is 0 Å². The van der Waals surface area contributed by atoms with Gasteiger partial charge in [-0.15, -0.1) is 11.3 Å². The predicted molar refractivity (Wildman–Crippen MR) is 113 cm³/mol. The highest BCUT2D eigenvalue weighted by atomic mass is 32.1. The van der Waals surface area contributed by atoms with Crippen LogP contribution in [0.5, 0.6) is 0 Å². The van der Waals surface area contributed by atoms with Crippen LogP contribution < -0.4 is 0 Å². The summed E-state index contributed by atoms with van der Waals surface area (Å²) in [6.45, 7) is 5.96. The van der Waals surface area contributed by atoms with Crippen molar-refractivity contribution in [3.8, 4) is 0 Å². The molecule has 0 saturated heterocycles. The Labute approximate surface area is 160 Å². The number of nitrogens with zero attached hydrogens (tertiary/aromatic N) is 5. The van der Waals surface area contributed by atoms with E-state index in [9.17, 15) is 0 Å². The van der Waals surface area contributed by atoms with Gasteiger partial charge < -0.3 is 0 Å². The topological polar surface area (TPSA) is 48.5 Å². The first-order valence-electron chi connectivity index (χ1n) is 8.33. The number of hydrogen-bond donors (Lipinski definition) is 0. The van der Waals surface area contributed by atoms with Gasteiger partial charge in [-0.1, -0.05) is 24.3 Å². The van der Waals surface area contributed by atoms with E-state index in [1.165, 1.54) is 0 Å². The molecule has 26 heavy (non-hydrogen) atoms. The molecule has 0 spiro atoms. The molecule has 0 aliphatic heterocycles. The Kier molecular flexibility index (Phi) is 10.3. The molecule has 5 nitrogen and oxygen atoms in total. The summed E-state index contributed by atoms with van der Waals surface area (Å²) in [7, 11) is 3.82. The molecule has 3 rings (SSSR count). The molecule has 0 N–H and O–H groups in total. The highest BCUT2D eigenvalue weighted by molar-refractivity contribution is 7.07. The fourth-order valence-corrected chi connectivity index (χ4v) is 2.41. The number of rotatable bonds is 3. The Morgan fingerprint density at radius 2 is 1.62 bits per heavy atom. The second-order valence-corrected chi connectivity index (χ2v) is 5.99. The van der Waals surface area contributed by atoms with Gasteiger partial charge in [0.15, 0.2) is 0 Å². The van der Waals surface area contributed by atoms with Gasteiger partial charge in [0.2, 0.25) is 0 Å². The molecule has 0 bridgehead atoms. The average Bonchev–Trinajstić information content (AvgIpc) is 3.34. The molecule has 3 aromatic heterocycles. The van der Waals surface area contributed by atoms with Gasteiger partial charge in [-0.3, -0.25) is 9.36 Å². The lowest BCUT2D eigenvalue weighted by Gasteiger charge is -1.81. The smallest absolute Gasteiger partial charge is 0.0847 e. The first-order valence-corrected chi connectivity index (χ1v) is 9.27. The molecule has 0 aliphatic carbocycles. The predicted octanol–water partition coefficient (Wildman–Crippen LogP) is 5.08. The Bertz CT molecular complexity index is 759. The zero-order valence-electron chi connectivity index (χ0n) is 16.1. The molecule has 0 radical (unpaired) electrons. The summed E-state index contributed by atoms with van der Waals surface area (Å²) >= 11 is 1.62. The molecule has 3 aromatic rings. The molecule has 0 unspecified atom stereocenters. The van der Waals surface area contributed by atoms with Gasteiger partial charge in [-0.25, -0.2) is 4.98 Å². The number of allylic oxidation sites excluding steroid dienone is 3. The van der Waals surface area contributed by atoms with Crippen LogP contribution in [0.15, 0.2) is 53.8 Å². The maximum atomic E-state index is 4.13. The van der Waals surface area contributed by atoms with Crippen LogP contribution in [0.2, 0.25) is 0 Å². The molecular weight excluding hydrogens is 342 g/mol. The highest BCUT2D eigenvalue weighted by Gasteiger charge is 1.87. The van der Waals surface area contributed by atoms with Crippen molar-refractivity contribution in [1.29, 1.82) is 0 Å². The normalized spacial score (nSPS) is 10.8. The van der Waals surface area contributed by atoms with Crippen molar-refractivity contribution >= 4 is 29.6 Å². The molecule has 6 heteroatoms. The van der Waals surface area contributed by atoms with Gasteiger partial charge >= 0.3 is 0 Å². The van der Waals surface area contributed by atoms with E-state index in [0.717, 1.165) is 17.0 Å². The Morgan fingerprint density at radius 3 is 2.08 bits per heavy atom. The molecule has 0 aliphatic rings. The summed E-state index contributed by atoms with van der Waals surface area (Å²) < 4.78 is 3.57. The maximum Gasteiger partial charge on any atom is 0.0847 e. The lowest BCUT2D eigenvalue weighted by Crippen LogP contribution is -1.86. The van der Waals surface area contributed by atoms with Gasteiger partial charge in [0.25, 0.3) is 0 Å². The first-order chi connectivity index (χ1) is 12.6.